The minimum Gasteiger partial charge on any atom is -0.308 e. The van der Waals surface area contributed by atoms with Crippen LogP contribution in [-0.4, -0.2) is 26.3 Å². The lowest BCUT2D eigenvalue weighted by Gasteiger charge is -2.03. The van der Waals surface area contributed by atoms with Crippen molar-refractivity contribution in [2.45, 2.75) is 26.7 Å². The van der Waals surface area contributed by atoms with E-state index in [0.29, 0.717) is 5.82 Å². The van der Waals surface area contributed by atoms with Crippen molar-refractivity contribution < 1.29 is 4.79 Å². The Balaban J connectivity index is 1.72. The molecule has 0 bridgehead atoms. The number of amides is 1. The van der Waals surface area contributed by atoms with Crippen LogP contribution in [0.3, 0.4) is 0 Å². The van der Waals surface area contributed by atoms with E-state index in [0.717, 1.165) is 46.3 Å². The Kier molecular flexibility index (Phi) is 2.79. The van der Waals surface area contributed by atoms with Gasteiger partial charge in [0.05, 0.1) is 11.2 Å². The van der Waals surface area contributed by atoms with Gasteiger partial charge >= 0.3 is 0 Å². The molecule has 0 saturated heterocycles. The summed E-state index contributed by atoms with van der Waals surface area (Å²) in [6.45, 7) is 3.99. The highest BCUT2D eigenvalue weighted by atomic mass is 16.2. The molecule has 1 fully saturated rings. The number of nitrogens with zero attached hydrogens (tertiary/aromatic N) is 2. The van der Waals surface area contributed by atoms with Crippen LogP contribution in [0.25, 0.3) is 22.0 Å². The fourth-order valence-corrected chi connectivity index (χ4v) is 2.81. The fraction of sp³-hybridized carbons (Fsp3) is 0.312. The van der Waals surface area contributed by atoms with Gasteiger partial charge in [-0.25, -0.2) is 0 Å². The molecule has 1 aliphatic rings. The number of aromatic amines is 2. The summed E-state index contributed by atoms with van der Waals surface area (Å²) in [5.74, 6) is 0.848. The van der Waals surface area contributed by atoms with Gasteiger partial charge < -0.3 is 5.32 Å². The van der Waals surface area contributed by atoms with E-state index in [9.17, 15) is 4.79 Å². The average molecular weight is 295 g/mol. The predicted octanol–water partition coefficient (Wildman–Crippen LogP) is 2.92. The van der Waals surface area contributed by atoms with E-state index in [4.69, 9.17) is 0 Å². The Bertz CT molecular complexity index is 852. The number of carbonyl (C=O) groups is 1. The summed E-state index contributed by atoms with van der Waals surface area (Å²) >= 11 is 0. The third-order valence-corrected chi connectivity index (χ3v) is 4.17. The highest BCUT2D eigenvalue weighted by molar-refractivity contribution is 6.02. The van der Waals surface area contributed by atoms with Crippen LogP contribution in [-0.2, 0) is 4.79 Å². The molecule has 0 spiro atoms. The summed E-state index contributed by atoms with van der Waals surface area (Å²) < 4.78 is 0. The molecule has 2 aromatic heterocycles. The molecule has 0 atom stereocenters. The zero-order valence-electron chi connectivity index (χ0n) is 12.5. The summed E-state index contributed by atoms with van der Waals surface area (Å²) in [5.41, 5.74) is 5.11. The van der Waals surface area contributed by atoms with Crippen LogP contribution in [0.15, 0.2) is 18.2 Å². The lowest BCUT2D eigenvalue weighted by atomic mass is 10.0. The summed E-state index contributed by atoms with van der Waals surface area (Å²) in [5, 5.41) is 18.3. The summed E-state index contributed by atoms with van der Waals surface area (Å²) in [6.07, 6.45) is 1.97. The van der Waals surface area contributed by atoms with E-state index in [1.807, 2.05) is 32.0 Å². The molecule has 0 unspecified atom stereocenters. The highest BCUT2D eigenvalue weighted by Crippen LogP contribution is 2.32. The number of H-pyrrole nitrogens is 2. The van der Waals surface area contributed by atoms with E-state index >= 15 is 0 Å². The van der Waals surface area contributed by atoms with E-state index in [1.165, 1.54) is 0 Å². The summed E-state index contributed by atoms with van der Waals surface area (Å²) in [7, 11) is 0. The van der Waals surface area contributed by atoms with E-state index in [2.05, 4.69) is 25.7 Å². The second-order valence-electron chi connectivity index (χ2n) is 5.91. The standard InChI is InChI=1S/C16H17N5O/c1-8-14(9(2)19-18-8)11-5-6-12-13(7-11)20-21-15(12)17-16(22)10-3-4-10/h5-7,10H,3-4H2,1-2H3,(H,18,19)(H2,17,20,21,22). The Morgan fingerprint density at radius 2 is 2.05 bits per heavy atom. The van der Waals surface area contributed by atoms with Gasteiger partial charge in [-0.3, -0.25) is 15.0 Å². The zero-order chi connectivity index (χ0) is 15.3. The largest absolute Gasteiger partial charge is 0.308 e. The smallest absolute Gasteiger partial charge is 0.228 e. The number of carbonyl (C=O) groups excluding carboxylic acids is 1. The first-order chi connectivity index (χ1) is 10.6. The minimum absolute atomic E-state index is 0.0685. The van der Waals surface area contributed by atoms with Crippen LogP contribution in [0.2, 0.25) is 0 Å². The van der Waals surface area contributed by atoms with E-state index in [-0.39, 0.29) is 11.8 Å². The van der Waals surface area contributed by atoms with Crippen LogP contribution in [0.5, 0.6) is 0 Å². The summed E-state index contributed by atoms with van der Waals surface area (Å²) in [6, 6.07) is 6.07. The lowest BCUT2D eigenvalue weighted by Crippen LogP contribution is -2.13. The molecule has 1 aromatic carbocycles. The number of fused-ring (bicyclic) bond motifs is 1. The number of nitrogens with one attached hydrogen (secondary N) is 3. The molecule has 6 heteroatoms. The van der Waals surface area contributed by atoms with Gasteiger partial charge in [-0.05, 0) is 44.4 Å². The van der Waals surface area contributed by atoms with Crippen molar-refractivity contribution in [3.63, 3.8) is 0 Å². The lowest BCUT2D eigenvalue weighted by molar-refractivity contribution is -0.117. The van der Waals surface area contributed by atoms with Crippen molar-refractivity contribution in [1.82, 2.24) is 20.4 Å². The molecule has 2 heterocycles. The van der Waals surface area contributed by atoms with Gasteiger partial charge in [-0.15, -0.1) is 0 Å². The van der Waals surface area contributed by atoms with Gasteiger partial charge in [0.15, 0.2) is 5.82 Å². The third kappa shape index (κ3) is 2.07. The average Bonchev–Trinajstić information content (AvgIpc) is 3.21. The van der Waals surface area contributed by atoms with Gasteiger partial charge in [0.1, 0.15) is 0 Å². The molecule has 4 rings (SSSR count). The van der Waals surface area contributed by atoms with Gasteiger partial charge in [0, 0.05) is 22.6 Å². The maximum absolute atomic E-state index is 11.9. The van der Waals surface area contributed by atoms with Crippen LogP contribution in [0.1, 0.15) is 24.2 Å². The normalized spacial score (nSPS) is 14.5. The van der Waals surface area contributed by atoms with Crippen molar-refractivity contribution in [3.8, 4) is 11.1 Å². The molecule has 6 nitrogen and oxygen atoms in total. The highest BCUT2D eigenvalue weighted by Gasteiger charge is 2.30. The molecule has 112 valence electrons. The van der Waals surface area contributed by atoms with Gasteiger partial charge in [-0.2, -0.15) is 10.2 Å². The molecule has 1 amide bonds. The number of aryl methyl sites for hydroxylation is 2. The first-order valence-corrected chi connectivity index (χ1v) is 7.44. The fourth-order valence-electron chi connectivity index (χ4n) is 2.81. The maximum Gasteiger partial charge on any atom is 0.228 e. The van der Waals surface area contributed by atoms with E-state index < -0.39 is 0 Å². The first kappa shape index (κ1) is 13.1. The van der Waals surface area contributed by atoms with Crippen LogP contribution in [0, 0.1) is 19.8 Å². The number of aromatic nitrogens is 4. The Morgan fingerprint density at radius 3 is 2.73 bits per heavy atom. The molecular weight excluding hydrogens is 278 g/mol. The van der Waals surface area contributed by atoms with Crippen molar-refractivity contribution in [3.05, 3.63) is 29.6 Å². The molecule has 0 aliphatic heterocycles. The second kappa shape index (κ2) is 4.69. The van der Waals surface area contributed by atoms with Crippen LogP contribution < -0.4 is 5.32 Å². The topological polar surface area (TPSA) is 86.5 Å². The van der Waals surface area contributed by atoms with Gasteiger partial charge in [0.2, 0.25) is 5.91 Å². The molecule has 1 saturated carbocycles. The van der Waals surface area contributed by atoms with Crippen molar-refractivity contribution in [1.29, 1.82) is 0 Å². The first-order valence-electron chi connectivity index (χ1n) is 7.44. The molecule has 3 aromatic rings. The minimum atomic E-state index is 0.0685. The number of hydrogen-bond acceptors (Lipinski definition) is 3. The van der Waals surface area contributed by atoms with Gasteiger partial charge in [0.25, 0.3) is 0 Å². The van der Waals surface area contributed by atoms with Gasteiger partial charge in [-0.1, -0.05) is 6.07 Å². The quantitative estimate of drug-likeness (QED) is 0.694. The predicted molar refractivity (Wildman–Crippen MR) is 84.5 cm³/mol. The molecule has 3 N–H and O–H groups in total. The second-order valence-corrected chi connectivity index (χ2v) is 5.91. The molecule has 22 heavy (non-hydrogen) atoms. The van der Waals surface area contributed by atoms with E-state index in [1.54, 1.807) is 0 Å². The molecule has 1 aliphatic carbocycles. The maximum atomic E-state index is 11.9. The zero-order valence-corrected chi connectivity index (χ0v) is 12.5. The van der Waals surface area contributed by atoms with Crippen molar-refractivity contribution in [2.75, 3.05) is 5.32 Å². The Hall–Kier alpha value is -2.63. The number of anilines is 1. The monoisotopic (exact) mass is 295 g/mol. The summed E-state index contributed by atoms with van der Waals surface area (Å²) in [4.78, 5) is 11.9. The number of hydrogen-bond donors (Lipinski definition) is 3. The van der Waals surface area contributed by atoms with Crippen LogP contribution >= 0.6 is 0 Å². The van der Waals surface area contributed by atoms with Crippen molar-refractivity contribution in [2.24, 2.45) is 5.92 Å². The molecular formula is C16H17N5O. The van der Waals surface area contributed by atoms with Crippen molar-refractivity contribution >= 4 is 22.6 Å². The third-order valence-electron chi connectivity index (χ3n) is 4.17. The SMILES string of the molecule is Cc1n[nH]c(C)c1-c1ccc2c(NC(=O)C3CC3)n[nH]c2c1. The Labute approximate surface area is 127 Å². The number of benzene rings is 1. The molecule has 0 radical (unpaired) electrons. The van der Waals surface area contributed by atoms with Crippen LogP contribution in [0.4, 0.5) is 5.82 Å². The number of rotatable bonds is 3. The Morgan fingerprint density at radius 1 is 1.23 bits per heavy atom.